The number of anilines is 2. The molecule has 4 aromatic rings. The number of aliphatic hydroxyl groups excluding tert-OH is 1. The Morgan fingerprint density at radius 3 is 2.31 bits per heavy atom. The SMILES string of the molecule is C[C@@H]1CN([C@H](C)CO)C(=O)c2cccc(NC(=O)Nc3ccccc3)c2O[C@H]1CN(C)Cc1ccc(Oc2ccccc2)cc1. The third-order valence-corrected chi connectivity index (χ3v) is 7.82. The Morgan fingerprint density at radius 1 is 0.956 bits per heavy atom. The number of ether oxygens (including phenoxy) is 2. The quantitative estimate of drug-likeness (QED) is 0.191. The van der Waals surface area contributed by atoms with Crippen LogP contribution in [0.4, 0.5) is 16.2 Å². The molecular weight excluding hydrogens is 568 g/mol. The van der Waals surface area contributed by atoms with E-state index in [1.807, 2.05) is 93.7 Å². The van der Waals surface area contributed by atoms with E-state index in [1.54, 1.807) is 35.2 Å². The maximum atomic E-state index is 13.8. The lowest BCUT2D eigenvalue weighted by Gasteiger charge is -2.38. The Labute approximate surface area is 264 Å². The van der Waals surface area contributed by atoms with Gasteiger partial charge in [0.15, 0.2) is 5.75 Å². The first-order valence-electron chi connectivity index (χ1n) is 15.2. The molecule has 1 heterocycles. The molecule has 0 aromatic heterocycles. The van der Waals surface area contributed by atoms with Gasteiger partial charge in [-0.05, 0) is 68.1 Å². The largest absolute Gasteiger partial charge is 0.486 e. The minimum atomic E-state index is -0.449. The Bertz CT molecular complexity index is 1570. The van der Waals surface area contributed by atoms with Crippen LogP contribution < -0.4 is 20.1 Å². The van der Waals surface area contributed by atoms with E-state index in [2.05, 4.69) is 15.5 Å². The number of aliphatic hydroxyl groups is 1. The molecule has 0 bridgehead atoms. The van der Waals surface area contributed by atoms with Crippen LogP contribution in [0.1, 0.15) is 29.8 Å². The molecule has 5 rings (SSSR count). The first-order valence-corrected chi connectivity index (χ1v) is 15.2. The molecule has 0 fully saturated rings. The molecule has 1 aliphatic heterocycles. The average Bonchev–Trinajstić information content (AvgIpc) is 3.04. The summed E-state index contributed by atoms with van der Waals surface area (Å²) in [7, 11) is 2.03. The second kappa shape index (κ2) is 14.7. The lowest BCUT2D eigenvalue weighted by Crippen LogP contribution is -2.49. The molecule has 0 spiro atoms. The monoisotopic (exact) mass is 608 g/mol. The molecule has 0 radical (unpaired) electrons. The van der Waals surface area contributed by atoms with Crippen molar-refractivity contribution >= 4 is 23.3 Å². The Kier molecular flexibility index (Phi) is 10.3. The fourth-order valence-electron chi connectivity index (χ4n) is 5.34. The van der Waals surface area contributed by atoms with Gasteiger partial charge in [0, 0.05) is 31.2 Å². The van der Waals surface area contributed by atoms with Crippen LogP contribution in [0.5, 0.6) is 17.2 Å². The predicted octanol–water partition coefficient (Wildman–Crippen LogP) is 6.48. The molecule has 3 atom stereocenters. The molecule has 3 amide bonds. The third kappa shape index (κ3) is 8.20. The number of hydrogen-bond donors (Lipinski definition) is 3. The van der Waals surface area contributed by atoms with E-state index in [-0.39, 0.29) is 30.6 Å². The van der Waals surface area contributed by atoms with E-state index in [1.165, 1.54) is 0 Å². The average molecular weight is 609 g/mol. The van der Waals surface area contributed by atoms with Crippen LogP contribution in [0, 0.1) is 5.92 Å². The number of carbonyl (C=O) groups excluding carboxylic acids is 2. The lowest BCUT2D eigenvalue weighted by atomic mass is 9.99. The second-order valence-electron chi connectivity index (χ2n) is 11.5. The molecule has 1 aliphatic rings. The first kappa shape index (κ1) is 31.6. The van der Waals surface area contributed by atoms with Gasteiger partial charge in [0.1, 0.15) is 17.6 Å². The summed E-state index contributed by atoms with van der Waals surface area (Å²) in [6, 6.07) is 31.1. The molecule has 0 saturated carbocycles. The summed E-state index contributed by atoms with van der Waals surface area (Å²) in [5.74, 6) is 1.53. The zero-order valence-electron chi connectivity index (χ0n) is 25.9. The van der Waals surface area contributed by atoms with Gasteiger partial charge in [0.2, 0.25) is 0 Å². The molecule has 45 heavy (non-hydrogen) atoms. The molecule has 0 aliphatic carbocycles. The highest BCUT2D eigenvalue weighted by Gasteiger charge is 2.34. The number of nitrogens with one attached hydrogen (secondary N) is 2. The van der Waals surface area contributed by atoms with E-state index in [0.29, 0.717) is 42.3 Å². The van der Waals surface area contributed by atoms with Crippen molar-refractivity contribution in [3.63, 3.8) is 0 Å². The zero-order chi connectivity index (χ0) is 31.8. The number of fused-ring (bicyclic) bond motifs is 1. The number of nitrogens with zero attached hydrogens (tertiary/aromatic N) is 2. The molecule has 0 unspecified atom stereocenters. The molecule has 4 aromatic carbocycles. The summed E-state index contributed by atoms with van der Waals surface area (Å²) in [6.07, 6.45) is -0.323. The first-order chi connectivity index (χ1) is 21.8. The van der Waals surface area contributed by atoms with E-state index < -0.39 is 6.03 Å². The number of hydrogen-bond acceptors (Lipinski definition) is 6. The van der Waals surface area contributed by atoms with Crippen molar-refractivity contribution in [1.82, 2.24) is 9.80 Å². The molecular formula is C36H40N4O5. The number of benzene rings is 4. The fourth-order valence-corrected chi connectivity index (χ4v) is 5.34. The van der Waals surface area contributed by atoms with Crippen molar-refractivity contribution < 1.29 is 24.2 Å². The van der Waals surface area contributed by atoms with Gasteiger partial charge in [-0.1, -0.05) is 61.5 Å². The number of amides is 3. The van der Waals surface area contributed by atoms with Gasteiger partial charge >= 0.3 is 6.03 Å². The van der Waals surface area contributed by atoms with Crippen LogP contribution in [0.2, 0.25) is 0 Å². The number of para-hydroxylation sites is 3. The number of urea groups is 1. The van der Waals surface area contributed by atoms with E-state index in [9.17, 15) is 14.7 Å². The Balaban J connectivity index is 1.34. The van der Waals surface area contributed by atoms with Gasteiger partial charge in [0.05, 0.1) is 23.9 Å². The van der Waals surface area contributed by atoms with Crippen molar-refractivity contribution in [2.75, 3.05) is 37.4 Å². The van der Waals surface area contributed by atoms with Gasteiger partial charge < -0.3 is 30.1 Å². The number of carbonyl (C=O) groups is 2. The van der Waals surface area contributed by atoms with Gasteiger partial charge in [-0.3, -0.25) is 9.69 Å². The van der Waals surface area contributed by atoms with Gasteiger partial charge in [-0.25, -0.2) is 4.79 Å². The Hall–Kier alpha value is -4.86. The molecule has 3 N–H and O–H groups in total. The van der Waals surface area contributed by atoms with Crippen LogP contribution in [0.25, 0.3) is 0 Å². The van der Waals surface area contributed by atoms with Crippen LogP contribution in [0.15, 0.2) is 103 Å². The second-order valence-corrected chi connectivity index (χ2v) is 11.5. The van der Waals surface area contributed by atoms with Crippen molar-refractivity contribution in [2.24, 2.45) is 5.92 Å². The third-order valence-electron chi connectivity index (χ3n) is 7.82. The van der Waals surface area contributed by atoms with E-state index in [4.69, 9.17) is 9.47 Å². The van der Waals surface area contributed by atoms with Crippen molar-refractivity contribution in [1.29, 1.82) is 0 Å². The smallest absolute Gasteiger partial charge is 0.323 e. The van der Waals surface area contributed by atoms with Crippen LogP contribution in [-0.2, 0) is 6.54 Å². The van der Waals surface area contributed by atoms with Crippen LogP contribution in [0.3, 0.4) is 0 Å². The number of rotatable bonds is 10. The fraction of sp³-hybridized carbons (Fsp3) is 0.278. The lowest BCUT2D eigenvalue weighted by molar-refractivity contribution is 0.0343. The minimum absolute atomic E-state index is 0.0774. The highest BCUT2D eigenvalue weighted by atomic mass is 16.5. The summed E-state index contributed by atoms with van der Waals surface area (Å²) in [5, 5.41) is 15.7. The standard InChI is InChI=1S/C36H40N4O5/c1-25-21-40(26(2)24-41)35(42)31-15-10-16-32(38-36(43)37-28-11-6-4-7-12-28)34(31)45-33(25)23-39(3)22-27-17-19-30(20-18-27)44-29-13-8-5-9-14-29/h4-20,25-26,33,41H,21-24H2,1-3H3,(H2,37,38,43)/t25-,26-,33+/m1/s1. The summed E-state index contributed by atoms with van der Waals surface area (Å²) >= 11 is 0. The number of likely N-dealkylation sites (N-methyl/N-ethyl adjacent to an activating group) is 1. The zero-order valence-corrected chi connectivity index (χ0v) is 25.9. The van der Waals surface area contributed by atoms with Crippen LogP contribution in [-0.4, -0.2) is 65.7 Å². The molecule has 9 nitrogen and oxygen atoms in total. The summed E-state index contributed by atoms with van der Waals surface area (Å²) < 4.78 is 12.6. The maximum Gasteiger partial charge on any atom is 0.323 e. The molecule has 234 valence electrons. The van der Waals surface area contributed by atoms with Crippen LogP contribution >= 0.6 is 0 Å². The van der Waals surface area contributed by atoms with Crippen molar-refractivity contribution in [3.8, 4) is 17.2 Å². The molecule has 0 saturated heterocycles. The van der Waals surface area contributed by atoms with Gasteiger partial charge in [-0.15, -0.1) is 0 Å². The highest BCUT2D eigenvalue weighted by molar-refractivity contribution is 6.04. The maximum absolute atomic E-state index is 13.8. The summed E-state index contributed by atoms with van der Waals surface area (Å²) in [6.45, 7) is 5.34. The summed E-state index contributed by atoms with van der Waals surface area (Å²) in [4.78, 5) is 30.6. The van der Waals surface area contributed by atoms with E-state index >= 15 is 0 Å². The van der Waals surface area contributed by atoms with Crippen molar-refractivity contribution in [3.05, 3.63) is 114 Å². The van der Waals surface area contributed by atoms with Crippen molar-refractivity contribution in [2.45, 2.75) is 32.5 Å². The summed E-state index contributed by atoms with van der Waals surface area (Å²) in [5.41, 5.74) is 2.48. The van der Waals surface area contributed by atoms with Gasteiger partial charge in [0.25, 0.3) is 5.91 Å². The van der Waals surface area contributed by atoms with Gasteiger partial charge in [-0.2, -0.15) is 0 Å². The van der Waals surface area contributed by atoms with E-state index in [0.717, 1.165) is 17.1 Å². The predicted molar refractivity (Wildman–Crippen MR) is 176 cm³/mol. The topological polar surface area (TPSA) is 103 Å². The normalized spacial score (nSPS) is 17.0. The molecule has 9 heteroatoms. The minimum Gasteiger partial charge on any atom is -0.486 e. The Morgan fingerprint density at radius 2 is 1.62 bits per heavy atom. The highest BCUT2D eigenvalue weighted by Crippen LogP contribution is 2.35.